The molecule has 0 fully saturated rings. The van der Waals surface area contributed by atoms with Crippen LogP contribution in [-0.4, -0.2) is 14.5 Å². The van der Waals surface area contributed by atoms with Crippen molar-refractivity contribution in [2.24, 2.45) is 0 Å². The zero-order valence-electron chi connectivity index (χ0n) is 31.1. The highest BCUT2D eigenvalue weighted by molar-refractivity contribution is 7.26. The van der Waals surface area contributed by atoms with E-state index in [0.29, 0.717) is 0 Å². The largest absolute Gasteiger partial charge is 0.291 e. The second kappa shape index (κ2) is 12.1. The molecule has 13 aromatic rings. The highest BCUT2D eigenvalue weighted by Crippen LogP contribution is 2.46. The SMILES string of the molecule is c1ccc(-c2cccc(-c3nc4c5ccccc5c5ccccc5c4nc3-n3c4cc5sc6c7ccccc7ccc6c5cc4c4ccc5ccccc5c43)c2)cc1. The van der Waals surface area contributed by atoms with Crippen molar-refractivity contribution in [1.82, 2.24) is 14.5 Å². The summed E-state index contributed by atoms with van der Waals surface area (Å²) < 4.78 is 5.00. The average Bonchev–Trinajstić information content (AvgIpc) is 3.83. The summed E-state index contributed by atoms with van der Waals surface area (Å²) in [5.74, 6) is 0.820. The van der Waals surface area contributed by atoms with Crippen LogP contribution in [0.4, 0.5) is 0 Å². The van der Waals surface area contributed by atoms with Gasteiger partial charge in [-0.15, -0.1) is 11.3 Å². The van der Waals surface area contributed by atoms with Crippen LogP contribution in [0.15, 0.2) is 188 Å². The van der Waals surface area contributed by atoms with Crippen LogP contribution < -0.4 is 0 Å². The molecule has 4 heteroatoms. The first-order valence-corrected chi connectivity index (χ1v) is 20.6. The molecule has 268 valence electrons. The molecule has 0 saturated carbocycles. The van der Waals surface area contributed by atoms with E-state index in [1.54, 1.807) is 0 Å². The number of hydrogen-bond acceptors (Lipinski definition) is 3. The summed E-state index contributed by atoms with van der Waals surface area (Å²) >= 11 is 1.88. The Morgan fingerprint density at radius 3 is 1.71 bits per heavy atom. The number of benzene rings is 10. The summed E-state index contributed by atoms with van der Waals surface area (Å²) in [4.78, 5) is 11.6. The molecular formula is C54H31N3S. The summed E-state index contributed by atoms with van der Waals surface area (Å²) in [6, 6.07) is 68.1. The molecule has 0 unspecified atom stereocenters. The first-order chi connectivity index (χ1) is 28.8. The minimum atomic E-state index is 0.820. The van der Waals surface area contributed by atoms with E-state index in [1.165, 1.54) is 68.8 Å². The zero-order valence-corrected chi connectivity index (χ0v) is 32.0. The highest BCUT2D eigenvalue weighted by Gasteiger charge is 2.24. The minimum Gasteiger partial charge on any atom is -0.291 e. The van der Waals surface area contributed by atoms with Gasteiger partial charge in [0.2, 0.25) is 0 Å². The van der Waals surface area contributed by atoms with Gasteiger partial charge in [-0.3, -0.25) is 4.57 Å². The van der Waals surface area contributed by atoms with Crippen molar-refractivity contribution in [3.8, 4) is 28.2 Å². The molecule has 0 N–H and O–H groups in total. The van der Waals surface area contributed by atoms with Gasteiger partial charge in [-0.1, -0.05) is 170 Å². The van der Waals surface area contributed by atoms with Crippen molar-refractivity contribution in [3.05, 3.63) is 188 Å². The lowest BCUT2D eigenvalue weighted by Gasteiger charge is -2.17. The topological polar surface area (TPSA) is 30.7 Å². The Balaban J connectivity index is 1.23. The molecule has 0 radical (unpaired) electrons. The smallest absolute Gasteiger partial charge is 0.165 e. The minimum absolute atomic E-state index is 0.820. The van der Waals surface area contributed by atoms with Gasteiger partial charge < -0.3 is 0 Å². The maximum atomic E-state index is 5.85. The lowest BCUT2D eigenvalue weighted by atomic mass is 9.98. The third kappa shape index (κ3) is 4.49. The third-order valence-corrected chi connectivity index (χ3v) is 13.3. The van der Waals surface area contributed by atoms with Crippen molar-refractivity contribution in [2.75, 3.05) is 0 Å². The van der Waals surface area contributed by atoms with Crippen molar-refractivity contribution in [3.63, 3.8) is 0 Å². The standard InChI is InChI=1S/C54H31N3S/c1-2-13-32(14-3-1)35-17-12-18-36(29-35)49-54(56-51-42-24-11-9-22-40(42)39-21-8-10-23-41(39)50(51)55-49)57-47-31-48-46(44-28-26-34-16-5-7-20-38(34)53(44)58-48)30-45(47)43-27-25-33-15-4-6-19-37(33)52(43)57/h1-31H. The van der Waals surface area contributed by atoms with Crippen LogP contribution in [0, 0.1) is 0 Å². The Bertz CT molecular complexity index is 3860. The van der Waals surface area contributed by atoms with Crippen LogP contribution in [0.5, 0.6) is 0 Å². The fraction of sp³-hybridized carbons (Fsp3) is 0. The maximum Gasteiger partial charge on any atom is 0.165 e. The van der Waals surface area contributed by atoms with Gasteiger partial charge >= 0.3 is 0 Å². The van der Waals surface area contributed by atoms with Gasteiger partial charge in [0.15, 0.2) is 5.82 Å². The van der Waals surface area contributed by atoms with E-state index in [4.69, 9.17) is 9.97 Å². The molecule has 3 aromatic heterocycles. The summed E-state index contributed by atoms with van der Waals surface area (Å²) in [6.07, 6.45) is 0. The third-order valence-electron chi connectivity index (χ3n) is 12.1. The van der Waals surface area contributed by atoms with E-state index in [1.807, 2.05) is 11.3 Å². The zero-order chi connectivity index (χ0) is 37.9. The van der Waals surface area contributed by atoms with Crippen LogP contribution in [0.2, 0.25) is 0 Å². The molecule has 0 amide bonds. The van der Waals surface area contributed by atoms with Crippen LogP contribution in [0.3, 0.4) is 0 Å². The average molecular weight is 754 g/mol. The lowest BCUT2D eigenvalue weighted by molar-refractivity contribution is 1.09. The Hall–Kier alpha value is -7.40. The first kappa shape index (κ1) is 31.8. The van der Waals surface area contributed by atoms with Gasteiger partial charge in [0.25, 0.3) is 0 Å². The number of rotatable bonds is 3. The van der Waals surface area contributed by atoms with Gasteiger partial charge in [-0.25, -0.2) is 9.97 Å². The predicted molar refractivity (Wildman–Crippen MR) is 248 cm³/mol. The molecule has 0 atom stereocenters. The van der Waals surface area contributed by atoms with Crippen molar-refractivity contribution in [2.45, 2.75) is 0 Å². The molecule has 0 aliphatic carbocycles. The fourth-order valence-corrected chi connectivity index (χ4v) is 10.7. The van der Waals surface area contributed by atoms with E-state index >= 15 is 0 Å². The predicted octanol–water partition coefficient (Wildman–Crippen LogP) is 15.0. The second-order valence-electron chi connectivity index (χ2n) is 15.3. The molecule has 3 heterocycles. The van der Waals surface area contributed by atoms with Crippen LogP contribution in [0.25, 0.3) is 124 Å². The van der Waals surface area contributed by atoms with Gasteiger partial charge in [0, 0.05) is 52.7 Å². The van der Waals surface area contributed by atoms with Crippen LogP contribution in [0.1, 0.15) is 0 Å². The molecule has 13 rings (SSSR count). The number of thiophene rings is 1. The summed E-state index contributed by atoms with van der Waals surface area (Å²) in [7, 11) is 0. The van der Waals surface area contributed by atoms with Gasteiger partial charge in [0.05, 0.1) is 22.1 Å². The monoisotopic (exact) mass is 753 g/mol. The van der Waals surface area contributed by atoms with Crippen LogP contribution in [-0.2, 0) is 0 Å². The van der Waals surface area contributed by atoms with Crippen molar-refractivity contribution in [1.29, 1.82) is 0 Å². The Morgan fingerprint density at radius 1 is 0.362 bits per heavy atom. The van der Waals surface area contributed by atoms with E-state index in [9.17, 15) is 0 Å². The van der Waals surface area contributed by atoms with E-state index in [-0.39, 0.29) is 0 Å². The van der Waals surface area contributed by atoms with Gasteiger partial charge in [-0.2, -0.15) is 0 Å². The molecule has 10 aromatic carbocycles. The molecule has 0 aliphatic heterocycles. The normalized spacial score (nSPS) is 12.1. The Morgan fingerprint density at radius 2 is 0.948 bits per heavy atom. The number of nitrogens with zero attached hydrogens (tertiary/aromatic N) is 3. The molecule has 0 saturated heterocycles. The summed E-state index contributed by atoms with van der Waals surface area (Å²) in [5.41, 5.74) is 8.24. The van der Waals surface area contributed by atoms with Crippen molar-refractivity contribution >= 4 is 107 Å². The highest BCUT2D eigenvalue weighted by atomic mass is 32.1. The molecule has 3 nitrogen and oxygen atoms in total. The summed E-state index contributed by atoms with van der Waals surface area (Å²) in [5, 5.41) is 14.5. The molecule has 0 aliphatic rings. The van der Waals surface area contributed by atoms with Gasteiger partial charge in [0.1, 0.15) is 5.69 Å². The molecule has 0 bridgehead atoms. The van der Waals surface area contributed by atoms with E-state index in [2.05, 4.69) is 193 Å². The van der Waals surface area contributed by atoms with Gasteiger partial charge in [-0.05, 0) is 56.3 Å². The van der Waals surface area contributed by atoms with E-state index in [0.717, 1.165) is 55.5 Å². The maximum absolute atomic E-state index is 5.85. The quantitative estimate of drug-likeness (QED) is 0.168. The number of aromatic nitrogens is 3. The van der Waals surface area contributed by atoms with Crippen LogP contribution >= 0.6 is 11.3 Å². The second-order valence-corrected chi connectivity index (χ2v) is 16.3. The molecule has 58 heavy (non-hydrogen) atoms. The number of hydrogen-bond donors (Lipinski definition) is 0. The molecule has 0 spiro atoms. The Labute approximate surface area is 336 Å². The van der Waals surface area contributed by atoms with E-state index < -0.39 is 0 Å². The summed E-state index contributed by atoms with van der Waals surface area (Å²) in [6.45, 7) is 0. The molecular weight excluding hydrogens is 723 g/mol. The number of fused-ring (bicyclic) bond motifs is 16. The fourth-order valence-electron chi connectivity index (χ4n) is 9.47. The van der Waals surface area contributed by atoms with Crippen molar-refractivity contribution < 1.29 is 0 Å². The Kier molecular flexibility index (Phi) is 6.60. The first-order valence-electron chi connectivity index (χ1n) is 19.7. The lowest BCUT2D eigenvalue weighted by Crippen LogP contribution is -2.05.